The predicted octanol–water partition coefficient (Wildman–Crippen LogP) is 3.22. The van der Waals surface area contributed by atoms with Gasteiger partial charge < -0.3 is 10.2 Å². The van der Waals surface area contributed by atoms with Crippen molar-refractivity contribution in [1.82, 2.24) is 10.2 Å². The molecular formula is C18H21ClN2O. The van der Waals surface area contributed by atoms with Crippen LogP contribution in [0.1, 0.15) is 17.3 Å². The summed E-state index contributed by atoms with van der Waals surface area (Å²) in [4.78, 5) is 15.2. The lowest BCUT2D eigenvalue weighted by atomic mass is 9.94. The summed E-state index contributed by atoms with van der Waals surface area (Å²) in [7, 11) is 0. The van der Waals surface area contributed by atoms with E-state index in [0.29, 0.717) is 5.02 Å². The third-order valence-corrected chi connectivity index (χ3v) is 4.66. The molecule has 1 heterocycles. The Balaban J connectivity index is 1.84. The molecule has 2 aromatic rings. The Morgan fingerprint density at radius 1 is 1.18 bits per heavy atom. The van der Waals surface area contributed by atoms with Gasteiger partial charge in [0, 0.05) is 54.6 Å². The fourth-order valence-corrected chi connectivity index (χ4v) is 3.33. The van der Waals surface area contributed by atoms with Gasteiger partial charge in [0.15, 0.2) is 5.78 Å². The highest BCUT2D eigenvalue weighted by Gasteiger charge is 2.21. The molecule has 0 amide bonds. The van der Waals surface area contributed by atoms with Crippen LogP contribution in [0, 0.1) is 5.92 Å². The van der Waals surface area contributed by atoms with Crippen LogP contribution in [0.25, 0.3) is 10.8 Å². The summed E-state index contributed by atoms with van der Waals surface area (Å²) in [5, 5.41) is 5.93. The number of nitrogens with one attached hydrogen (secondary N) is 1. The Kier molecular flexibility index (Phi) is 4.77. The number of benzene rings is 2. The van der Waals surface area contributed by atoms with Crippen LogP contribution in [-0.4, -0.2) is 43.4 Å². The number of fused-ring (bicyclic) bond motifs is 1. The highest BCUT2D eigenvalue weighted by Crippen LogP contribution is 2.28. The molecule has 0 aromatic heterocycles. The molecule has 3 rings (SSSR count). The molecule has 1 aliphatic heterocycles. The molecule has 4 heteroatoms. The van der Waals surface area contributed by atoms with E-state index in [4.69, 9.17) is 11.6 Å². The number of hydrogen-bond donors (Lipinski definition) is 1. The fourth-order valence-electron chi connectivity index (χ4n) is 3.11. The lowest BCUT2D eigenvalue weighted by Gasteiger charge is -2.29. The SMILES string of the molecule is CC(CN1CCNCC1)C(=O)c1ccc(Cl)c2ccccc12. The number of rotatable bonds is 4. The average Bonchev–Trinajstić information content (AvgIpc) is 2.56. The molecule has 1 fully saturated rings. The highest BCUT2D eigenvalue weighted by atomic mass is 35.5. The van der Waals surface area contributed by atoms with Gasteiger partial charge >= 0.3 is 0 Å². The van der Waals surface area contributed by atoms with Crippen molar-refractivity contribution in [3.05, 3.63) is 47.0 Å². The number of nitrogens with zero attached hydrogens (tertiary/aromatic N) is 1. The van der Waals surface area contributed by atoms with Crippen LogP contribution in [0.2, 0.25) is 5.02 Å². The summed E-state index contributed by atoms with van der Waals surface area (Å²) in [6, 6.07) is 11.5. The maximum absolute atomic E-state index is 12.9. The van der Waals surface area contributed by atoms with E-state index >= 15 is 0 Å². The maximum atomic E-state index is 12.9. The van der Waals surface area contributed by atoms with Gasteiger partial charge in [0.1, 0.15) is 0 Å². The average molecular weight is 317 g/mol. The van der Waals surface area contributed by atoms with Crippen molar-refractivity contribution in [2.45, 2.75) is 6.92 Å². The predicted molar refractivity (Wildman–Crippen MR) is 91.8 cm³/mol. The summed E-state index contributed by atoms with van der Waals surface area (Å²) >= 11 is 6.24. The van der Waals surface area contributed by atoms with Gasteiger partial charge in [-0.3, -0.25) is 4.79 Å². The molecule has 1 unspecified atom stereocenters. The van der Waals surface area contributed by atoms with Crippen molar-refractivity contribution in [3.63, 3.8) is 0 Å². The zero-order valence-electron chi connectivity index (χ0n) is 12.8. The molecule has 22 heavy (non-hydrogen) atoms. The molecule has 0 radical (unpaired) electrons. The first-order valence-corrected chi connectivity index (χ1v) is 8.19. The van der Waals surface area contributed by atoms with Gasteiger partial charge in [0.25, 0.3) is 0 Å². The maximum Gasteiger partial charge on any atom is 0.167 e. The Morgan fingerprint density at radius 3 is 2.59 bits per heavy atom. The number of carbonyl (C=O) groups is 1. The standard InChI is InChI=1S/C18H21ClN2O/c1-13(12-21-10-8-20-9-11-21)18(22)16-6-7-17(19)15-5-3-2-4-14(15)16/h2-7,13,20H,8-12H2,1H3. The van der Waals surface area contributed by atoms with E-state index in [0.717, 1.165) is 49.1 Å². The van der Waals surface area contributed by atoms with Gasteiger partial charge in [-0.1, -0.05) is 42.8 Å². The quantitative estimate of drug-likeness (QED) is 0.879. The van der Waals surface area contributed by atoms with E-state index in [1.165, 1.54) is 0 Å². The van der Waals surface area contributed by atoms with Gasteiger partial charge in [0.05, 0.1) is 0 Å². The van der Waals surface area contributed by atoms with Crippen molar-refractivity contribution in [2.24, 2.45) is 5.92 Å². The van der Waals surface area contributed by atoms with Crippen LogP contribution in [-0.2, 0) is 0 Å². The molecule has 1 N–H and O–H groups in total. The minimum absolute atomic E-state index is 0.0114. The minimum atomic E-state index is -0.0114. The van der Waals surface area contributed by atoms with Crippen molar-refractivity contribution in [3.8, 4) is 0 Å². The molecule has 1 atom stereocenters. The second-order valence-electron chi connectivity index (χ2n) is 5.96. The molecule has 3 nitrogen and oxygen atoms in total. The molecule has 0 aliphatic carbocycles. The first-order valence-electron chi connectivity index (χ1n) is 7.81. The second-order valence-corrected chi connectivity index (χ2v) is 6.36. The largest absolute Gasteiger partial charge is 0.314 e. The topological polar surface area (TPSA) is 32.3 Å². The fraction of sp³-hybridized carbons (Fsp3) is 0.389. The molecule has 0 saturated carbocycles. The van der Waals surface area contributed by atoms with Crippen LogP contribution in [0.5, 0.6) is 0 Å². The molecule has 2 aromatic carbocycles. The number of hydrogen-bond acceptors (Lipinski definition) is 3. The zero-order valence-corrected chi connectivity index (χ0v) is 13.6. The normalized spacial score (nSPS) is 17.5. The monoisotopic (exact) mass is 316 g/mol. The van der Waals surface area contributed by atoms with Crippen LogP contribution in [0.15, 0.2) is 36.4 Å². The second kappa shape index (κ2) is 6.78. The highest BCUT2D eigenvalue weighted by molar-refractivity contribution is 6.36. The van der Waals surface area contributed by atoms with Gasteiger partial charge in [0.2, 0.25) is 0 Å². The van der Waals surface area contributed by atoms with Crippen molar-refractivity contribution < 1.29 is 4.79 Å². The van der Waals surface area contributed by atoms with Crippen molar-refractivity contribution in [2.75, 3.05) is 32.7 Å². The first kappa shape index (κ1) is 15.5. The third-order valence-electron chi connectivity index (χ3n) is 4.33. The Morgan fingerprint density at radius 2 is 1.86 bits per heavy atom. The first-order chi connectivity index (χ1) is 10.7. The lowest BCUT2D eigenvalue weighted by molar-refractivity contribution is 0.0889. The smallest absolute Gasteiger partial charge is 0.167 e. The van der Waals surface area contributed by atoms with Gasteiger partial charge in [-0.05, 0) is 17.5 Å². The van der Waals surface area contributed by atoms with E-state index < -0.39 is 0 Å². The van der Waals surface area contributed by atoms with E-state index in [2.05, 4.69) is 10.2 Å². The summed E-state index contributed by atoms with van der Waals surface area (Å²) in [6.45, 7) is 6.87. The summed E-state index contributed by atoms with van der Waals surface area (Å²) in [5.41, 5.74) is 0.780. The third kappa shape index (κ3) is 3.17. The lowest BCUT2D eigenvalue weighted by Crippen LogP contribution is -2.45. The molecule has 0 bridgehead atoms. The van der Waals surface area contributed by atoms with E-state index in [1.807, 2.05) is 43.3 Å². The Hall–Kier alpha value is -1.42. The van der Waals surface area contributed by atoms with E-state index in [-0.39, 0.29) is 11.7 Å². The van der Waals surface area contributed by atoms with E-state index in [1.54, 1.807) is 0 Å². The molecular weight excluding hydrogens is 296 g/mol. The van der Waals surface area contributed by atoms with Crippen molar-refractivity contribution >= 4 is 28.2 Å². The Labute approximate surface area is 136 Å². The summed E-state index contributed by atoms with van der Waals surface area (Å²) < 4.78 is 0. The molecule has 1 aliphatic rings. The van der Waals surface area contributed by atoms with Crippen LogP contribution >= 0.6 is 11.6 Å². The number of ketones is 1. The molecule has 0 spiro atoms. The van der Waals surface area contributed by atoms with E-state index in [9.17, 15) is 4.79 Å². The Bertz CT molecular complexity index is 680. The van der Waals surface area contributed by atoms with Gasteiger partial charge in [-0.2, -0.15) is 0 Å². The van der Waals surface area contributed by atoms with Crippen LogP contribution < -0.4 is 5.32 Å². The molecule has 116 valence electrons. The minimum Gasteiger partial charge on any atom is -0.314 e. The van der Waals surface area contributed by atoms with Gasteiger partial charge in [-0.15, -0.1) is 0 Å². The van der Waals surface area contributed by atoms with Crippen LogP contribution in [0.3, 0.4) is 0 Å². The zero-order chi connectivity index (χ0) is 15.5. The molecule has 1 saturated heterocycles. The number of carbonyl (C=O) groups excluding carboxylic acids is 1. The van der Waals surface area contributed by atoms with Crippen LogP contribution in [0.4, 0.5) is 0 Å². The van der Waals surface area contributed by atoms with Crippen molar-refractivity contribution in [1.29, 1.82) is 0 Å². The summed E-state index contributed by atoms with van der Waals surface area (Å²) in [6.07, 6.45) is 0. The number of halogens is 1. The number of piperazine rings is 1. The summed E-state index contributed by atoms with van der Waals surface area (Å²) in [5.74, 6) is 0.189. The number of Topliss-reactive ketones (excluding diaryl/α,β-unsaturated/α-hetero) is 1. The van der Waals surface area contributed by atoms with Gasteiger partial charge in [-0.25, -0.2) is 0 Å².